The fourth-order valence-electron chi connectivity index (χ4n) is 4.38. The molecule has 0 spiro atoms. The predicted octanol–water partition coefficient (Wildman–Crippen LogP) is 2.90. The Morgan fingerprint density at radius 3 is 2.77 bits per heavy atom. The van der Waals surface area contributed by atoms with Gasteiger partial charge in [-0.3, -0.25) is 4.99 Å². The summed E-state index contributed by atoms with van der Waals surface area (Å²) in [4.78, 5) is 11.9. The molecule has 2 heterocycles. The highest BCUT2D eigenvalue weighted by Gasteiger charge is 2.25. The molecule has 1 aromatic carbocycles. The number of guanidine groups is 1. The van der Waals surface area contributed by atoms with Crippen LogP contribution in [-0.2, 0) is 4.74 Å². The molecule has 30 heavy (non-hydrogen) atoms. The normalized spacial score (nSPS) is 21.8. The average Bonchev–Trinajstić information content (AvgIpc) is 2.92. The van der Waals surface area contributed by atoms with E-state index in [2.05, 4.69) is 64.1 Å². The Labute approximate surface area is 200 Å². The SMILES string of the molecule is CN=C(NCCCN1CCCN(C)CC1)N1CCOC(c2ccc(C)cc2C)C1.I. The fraction of sp³-hybridized carbons (Fsp3) is 0.696. The minimum Gasteiger partial charge on any atom is -0.370 e. The molecule has 6 nitrogen and oxygen atoms in total. The van der Waals surface area contributed by atoms with E-state index in [0.29, 0.717) is 0 Å². The van der Waals surface area contributed by atoms with E-state index in [-0.39, 0.29) is 30.1 Å². The van der Waals surface area contributed by atoms with Gasteiger partial charge in [-0.05, 0) is 64.5 Å². The number of hydrogen-bond donors (Lipinski definition) is 1. The van der Waals surface area contributed by atoms with E-state index in [1.165, 1.54) is 49.3 Å². The Bertz CT molecular complexity index is 684. The molecule has 2 aliphatic rings. The monoisotopic (exact) mass is 529 g/mol. The van der Waals surface area contributed by atoms with Gasteiger partial charge in [0.15, 0.2) is 5.96 Å². The number of likely N-dealkylation sites (N-methyl/N-ethyl adjacent to an activating group) is 1. The van der Waals surface area contributed by atoms with Crippen LogP contribution in [0.25, 0.3) is 0 Å². The number of morpholine rings is 1. The number of halogens is 1. The zero-order chi connectivity index (χ0) is 20.6. The molecule has 7 heteroatoms. The van der Waals surface area contributed by atoms with E-state index in [9.17, 15) is 0 Å². The van der Waals surface area contributed by atoms with E-state index < -0.39 is 0 Å². The molecule has 170 valence electrons. The van der Waals surface area contributed by atoms with Gasteiger partial charge in [-0.25, -0.2) is 0 Å². The summed E-state index contributed by atoms with van der Waals surface area (Å²) in [6.45, 7) is 13.7. The standard InChI is InChI=1S/C23H39N5O.HI/c1-19-7-8-21(20(2)17-19)22-18-28(15-16-29-22)23(24-3)25-9-5-11-27-12-6-10-26(4)13-14-27;/h7-8,17,22H,5-6,9-16,18H2,1-4H3,(H,24,25);1H. The van der Waals surface area contributed by atoms with Crippen molar-refractivity contribution >= 4 is 29.9 Å². The molecule has 0 aliphatic carbocycles. The van der Waals surface area contributed by atoms with Crippen LogP contribution in [0.15, 0.2) is 23.2 Å². The maximum Gasteiger partial charge on any atom is 0.193 e. The third kappa shape index (κ3) is 7.35. The van der Waals surface area contributed by atoms with Crippen LogP contribution in [0.3, 0.4) is 0 Å². The minimum absolute atomic E-state index is 0. The Morgan fingerprint density at radius 2 is 2.00 bits per heavy atom. The first-order chi connectivity index (χ1) is 14.1. The van der Waals surface area contributed by atoms with Crippen LogP contribution < -0.4 is 5.32 Å². The number of hydrogen-bond acceptors (Lipinski definition) is 4. The summed E-state index contributed by atoms with van der Waals surface area (Å²) in [5, 5.41) is 3.58. The number of benzene rings is 1. The summed E-state index contributed by atoms with van der Waals surface area (Å²) in [6.07, 6.45) is 2.53. The van der Waals surface area contributed by atoms with Crippen molar-refractivity contribution in [1.82, 2.24) is 20.0 Å². The van der Waals surface area contributed by atoms with Crippen LogP contribution in [0.1, 0.15) is 35.6 Å². The maximum atomic E-state index is 6.10. The highest BCUT2D eigenvalue weighted by atomic mass is 127. The summed E-state index contributed by atoms with van der Waals surface area (Å²) < 4.78 is 6.10. The summed E-state index contributed by atoms with van der Waals surface area (Å²) in [7, 11) is 4.11. The Hall–Kier alpha value is -0.900. The van der Waals surface area contributed by atoms with Crippen molar-refractivity contribution in [2.45, 2.75) is 32.8 Å². The first-order valence-electron chi connectivity index (χ1n) is 11.1. The largest absolute Gasteiger partial charge is 0.370 e. The van der Waals surface area contributed by atoms with Crippen LogP contribution in [0, 0.1) is 13.8 Å². The Kier molecular flexibility index (Phi) is 10.8. The number of rotatable bonds is 5. The number of nitrogens with zero attached hydrogens (tertiary/aromatic N) is 4. The van der Waals surface area contributed by atoms with Gasteiger partial charge in [-0.1, -0.05) is 23.8 Å². The molecule has 0 bridgehead atoms. The lowest BCUT2D eigenvalue weighted by Gasteiger charge is -2.36. The van der Waals surface area contributed by atoms with Gasteiger partial charge in [0.2, 0.25) is 0 Å². The molecule has 1 atom stereocenters. The van der Waals surface area contributed by atoms with Gasteiger partial charge in [-0.15, -0.1) is 24.0 Å². The molecule has 0 saturated carbocycles. The molecular formula is C23H40IN5O. The summed E-state index contributed by atoms with van der Waals surface area (Å²) in [5.74, 6) is 0.999. The smallest absolute Gasteiger partial charge is 0.193 e. The summed E-state index contributed by atoms with van der Waals surface area (Å²) in [5.41, 5.74) is 3.90. The summed E-state index contributed by atoms with van der Waals surface area (Å²) >= 11 is 0. The second-order valence-electron chi connectivity index (χ2n) is 8.49. The van der Waals surface area contributed by atoms with Crippen LogP contribution in [0.2, 0.25) is 0 Å². The molecule has 2 saturated heterocycles. The topological polar surface area (TPSA) is 43.3 Å². The first-order valence-corrected chi connectivity index (χ1v) is 11.1. The first kappa shape index (κ1) is 25.4. The zero-order valence-electron chi connectivity index (χ0n) is 19.2. The highest BCUT2D eigenvalue weighted by Crippen LogP contribution is 2.25. The van der Waals surface area contributed by atoms with Crippen LogP contribution >= 0.6 is 24.0 Å². The fourth-order valence-corrected chi connectivity index (χ4v) is 4.38. The van der Waals surface area contributed by atoms with Crippen molar-refractivity contribution in [2.75, 3.05) is 73.1 Å². The van der Waals surface area contributed by atoms with E-state index in [4.69, 9.17) is 4.74 Å². The molecule has 1 aromatic rings. The van der Waals surface area contributed by atoms with Gasteiger partial charge in [-0.2, -0.15) is 0 Å². The molecule has 0 amide bonds. The van der Waals surface area contributed by atoms with E-state index >= 15 is 0 Å². The third-order valence-corrected chi connectivity index (χ3v) is 6.10. The molecule has 1 N–H and O–H groups in total. The lowest BCUT2D eigenvalue weighted by molar-refractivity contribution is -0.00832. The van der Waals surface area contributed by atoms with Gasteiger partial charge < -0.3 is 24.8 Å². The van der Waals surface area contributed by atoms with E-state index in [1.54, 1.807) is 0 Å². The number of aryl methyl sites for hydroxylation is 2. The molecule has 0 aromatic heterocycles. The highest BCUT2D eigenvalue weighted by molar-refractivity contribution is 14.0. The van der Waals surface area contributed by atoms with Gasteiger partial charge in [0.25, 0.3) is 0 Å². The summed E-state index contributed by atoms with van der Waals surface area (Å²) in [6, 6.07) is 6.64. The Balaban J connectivity index is 0.00000320. The van der Waals surface area contributed by atoms with Gasteiger partial charge in [0.1, 0.15) is 6.10 Å². The zero-order valence-corrected chi connectivity index (χ0v) is 21.5. The van der Waals surface area contributed by atoms with Crippen LogP contribution in [-0.4, -0.2) is 93.7 Å². The quantitative estimate of drug-likeness (QED) is 0.275. The number of aliphatic imine (C=N–C) groups is 1. The van der Waals surface area contributed by atoms with Gasteiger partial charge in [0.05, 0.1) is 13.2 Å². The van der Waals surface area contributed by atoms with Crippen LogP contribution in [0.4, 0.5) is 0 Å². The van der Waals surface area contributed by atoms with Gasteiger partial charge in [0, 0.05) is 33.2 Å². The van der Waals surface area contributed by atoms with E-state index in [0.717, 1.165) is 45.2 Å². The molecular weight excluding hydrogens is 489 g/mol. The molecule has 1 unspecified atom stereocenters. The maximum absolute atomic E-state index is 6.10. The third-order valence-electron chi connectivity index (χ3n) is 6.10. The van der Waals surface area contributed by atoms with Crippen molar-refractivity contribution in [2.24, 2.45) is 4.99 Å². The second-order valence-corrected chi connectivity index (χ2v) is 8.49. The Morgan fingerprint density at radius 1 is 1.17 bits per heavy atom. The molecule has 0 radical (unpaired) electrons. The lowest BCUT2D eigenvalue weighted by atomic mass is 10.00. The molecule has 2 fully saturated rings. The van der Waals surface area contributed by atoms with Crippen LogP contribution in [0.5, 0.6) is 0 Å². The number of nitrogens with one attached hydrogen (secondary N) is 1. The predicted molar refractivity (Wildman–Crippen MR) is 136 cm³/mol. The van der Waals surface area contributed by atoms with Crippen molar-refractivity contribution in [3.63, 3.8) is 0 Å². The molecule has 2 aliphatic heterocycles. The minimum atomic E-state index is 0. The van der Waals surface area contributed by atoms with E-state index in [1.807, 2.05) is 7.05 Å². The van der Waals surface area contributed by atoms with Crippen molar-refractivity contribution in [3.8, 4) is 0 Å². The van der Waals surface area contributed by atoms with Crippen molar-refractivity contribution in [3.05, 3.63) is 34.9 Å². The van der Waals surface area contributed by atoms with Crippen molar-refractivity contribution < 1.29 is 4.74 Å². The second kappa shape index (κ2) is 12.8. The van der Waals surface area contributed by atoms with Crippen molar-refractivity contribution in [1.29, 1.82) is 0 Å². The lowest BCUT2D eigenvalue weighted by Crippen LogP contribution is -2.48. The molecule has 3 rings (SSSR count). The number of ether oxygens (including phenoxy) is 1. The average molecular weight is 530 g/mol. The van der Waals surface area contributed by atoms with Gasteiger partial charge >= 0.3 is 0 Å².